The Morgan fingerprint density at radius 2 is 1.89 bits per heavy atom. The fourth-order valence-electron chi connectivity index (χ4n) is 4.84. The Hall–Kier alpha value is -1.82. The smallest absolute Gasteiger partial charge is 0.243 e. The van der Waals surface area contributed by atoms with Crippen molar-refractivity contribution in [1.82, 2.24) is 4.31 Å². The van der Waals surface area contributed by atoms with E-state index in [0.717, 1.165) is 35.5 Å². The Labute approximate surface area is 171 Å². The van der Waals surface area contributed by atoms with Crippen molar-refractivity contribution in [2.24, 2.45) is 5.92 Å². The van der Waals surface area contributed by atoms with Crippen LogP contribution in [0.25, 0.3) is 0 Å². The maximum atomic E-state index is 13.0. The van der Waals surface area contributed by atoms with E-state index in [2.05, 4.69) is 23.5 Å². The minimum atomic E-state index is -3.41. The number of nitrogens with one attached hydrogen (secondary N) is 1. The van der Waals surface area contributed by atoms with Crippen LogP contribution < -0.4 is 5.32 Å². The van der Waals surface area contributed by atoms with Crippen LogP contribution in [0.2, 0.25) is 5.02 Å². The summed E-state index contributed by atoms with van der Waals surface area (Å²) in [7, 11) is -3.41. The fourth-order valence-corrected chi connectivity index (χ4v) is 6.59. The minimum absolute atomic E-state index is 0.159. The number of nitrogens with zero attached hydrogens (tertiary/aromatic N) is 1. The predicted octanol–water partition coefficient (Wildman–Crippen LogP) is 4.95. The molecule has 146 valence electrons. The van der Waals surface area contributed by atoms with Gasteiger partial charge < -0.3 is 5.32 Å². The number of rotatable bonds is 3. The number of allylic oxidation sites excluding steroid dienone is 2. The Morgan fingerprint density at radius 1 is 1.07 bits per heavy atom. The third-order valence-electron chi connectivity index (χ3n) is 6.24. The second kappa shape index (κ2) is 6.90. The molecule has 2 aromatic carbocycles. The summed E-state index contributed by atoms with van der Waals surface area (Å²) >= 11 is 6.23. The summed E-state index contributed by atoms with van der Waals surface area (Å²) in [6.45, 7) is 1.25. The number of anilines is 1. The molecule has 1 saturated heterocycles. The van der Waals surface area contributed by atoms with E-state index in [1.807, 2.05) is 30.3 Å². The van der Waals surface area contributed by atoms with Crippen molar-refractivity contribution in [3.63, 3.8) is 0 Å². The van der Waals surface area contributed by atoms with Crippen LogP contribution in [0.3, 0.4) is 0 Å². The van der Waals surface area contributed by atoms with Crippen molar-refractivity contribution in [2.45, 2.75) is 36.1 Å². The molecular formula is C22H23ClN2O2S. The van der Waals surface area contributed by atoms with E-state index in [4.69, 9.17) is 11.6 Å². The molecule has 0 amide bonds. The van der Waals surface area contributed by atoms with Gasteiger partial charge in [0, 0.05) is 29.7 Å². The first kappa shape index (κ1) is 18.2. The highest BCUT2D eigenvalue weighted by Gasteiger charge is 2.39. The van der Waals surface area contributed by atoms with Gasteiger partial charge >= 0.3 is 0 Å². The van der Waals surface area contributed by atoms with Crippen LogP contribution in [0.15, 0.2) is 59.5 Å². The second-order valence-electron chi connectivity index (χ2n) is 7.89. The van der Waals surface area contributed by atoms with Crippen LogP contribution in [-0.2, 0) is 10.0 Å². The standard InChI is InChI=1S/C22H23ClN2O2S/c23-16-6-3-5-15(13-16)22-19-8-4-7-18(19)20-14-17(9-10-21(20)24-22)28(26,27)25-11-1-2-12-25/h3-7,9-10,13-14,18-19,22,24H,1-2,8,11-12H2. The number of sulfonamides is 1. The van der Waals surface area contributed by atoms with Crippen LogP contribution in [-0.4, -0.2) is 25.8 Å². The lowest BCUT2D eigenvalue weighted by atomic mass is 9.77. The molecule has 1 aliphatic carbocycles. The van der Waals surface area contributed by atoms with Gasteiger partial charge in [-0.2, -0.15) is 4.31 Å². The summed E-state index contributed by atoms with van der Waals surface area (Å²) in [5, 5.41) is 4.39. The average Bonchev–Trinajstić information content (AvgIpc) is 3.39. The maximum absolute atomic E-state index is 13.0. The first-order chi connectivity index (χ1) is 13.5. The molecule has 3 atom stereocenters. The van der Waals surface area contributed by atoms with Gasteiger partial charge in [0.2, 0.25) is 10.0 Å². The molecule has 3 aliphatic rings. The highest BCUT2D eigenvalue weighted by Crippen LogP contribution is 2.50. The first-order valence-electron chi connectivity index (χ1n) is 9.87. The molecule has 28 heavy (non-hydrogen) atoms. The van der Waals surface area contributed by atoms with Crippen LogP contribution in [0, 0.1) is 5.92 Å². The van der Waals surface area contributed by atoms with Crippen LogP contribution in [0.5, 0.6) is 0 Å². The molecule has 2 aliphatic heterocycles. The lowest BCUT2D eigenvalue weighted by Gasteiger charge is -2.38. The van der Waals surface area contributed by atoms with Gasteiger partial charge in [0.25, 0.3) is 0 Å². The lowest BCUT2D eigenvalue weighted by Crippen LogP contribution is -2.30. The predicted molar refractivity (Wildman–Crippen MR) is 112 cm³/mol. The molecule has 5 rings (SSSR count). The average molecular weight is 415 g/mol. The minimum Gasteiger partial charge on any atom is -0.378 e. The van der Waals surface area contributed by atoms with E-state index in [1.165, 1.54) is 5.56 Å². The molecule has 0 radical (unpaired) electrons. The van der Waals surface area contributed by atoms with Crippen molar-refractivity contribution in [3.05, 3.63) is 70.8 Å². The third-order valence-corrected chi connectivity index (χ3v) is 8.37. The van der Waals surface area contributed by atoms with E-state index in [0.29, 0.717) is 23.9 Å². The Balaban J connectivity index is 1.54. The van der Waals surface area contributed by atoms with Gasteiger partial charge in [0.15, 0.2) is 0 Å². The summed E-state index contributed by atoms with van der Waals surface area (Å²) in [5.41, 5.74) is 3.26. The van der Waals surface area contributed by atoms with E-state index in [1.54, 1.807) is 10.4 Å². The Bertz CT molecular complexity index is 1040. The maximum Gasteiger partial charge on any atom is 0.243 e. The third kappa shape index (κ3) is 2.97. The van der Waals surface area contributed by atoms with Crippen molar-refractivity contribution in [1.29, 1.82) is 0 Å². The van der Waals surface area contributed by atoms with Gasteiger partial charge in [-0.25, -0.2) is 8.42 Å². The van der Waals surface area contributed by atoms with Crippen molar-refractivity contribution < 1.29 is 8.42 Å². The Morgan fingerprint density at radius 3 is 2.68 bits per heavy atom. The zero-order valence-corrected chi connectivity index (χ0v) is 17.1. The van der Waals surface area contributed by atoms with Gasteiger partial charge in [0.1, 0.15) is 0 Å². The van der Waals surface area contributed by atoms with Crippen molar-refractivity contribution in [2.75, 3.05) is 18.4 Å². The van der Waals surface area contributed by atoms with Gasteiger partial charge in [-0.05, 0) is 66.6 Å². The monoisotopic (exact) mass is 414 g/mol. The van der Waals surface area contributed by atoms with Gasteiger partial charge in [-0.15, -0.1) is 0 Å². The molecular weight excluding hydrogens is 392 g/mol. The van der Waals surface area contributed by atoms with E-state index in [9.17, 15) is 8.42 Å². The summed E-state index contributed by atoms with van der Waals surface area (Å²) in [6, 6.07) is 13.7. The van der Waals surface area contributed by atoms with E-state index >= 15 is 0 Å². The fraction of sp³-hybridized carbons (Fsp3) is 0.364. The topological polar surface area (TPSA) is 49.4 Å². The Kier molecular flexibility index (Phi) is 4.49. The number of hydrogen-bond acceptors (Lipinski definition) is 3. The molecule has 6 heteroatoms. The molecule has 0 saturated carbocycles. The quantitative estimate of drug-likeness (QED) is 0.723. The number of fused-ring (bicyclic) bond motifs is 3. The zero-order chi connectivity index (χ0) is 19.3. The first-order valence-corrected chi connectivity index (χ1v) is 11.7. The van der Waals surface area contributed by atoms with Gasteiger partial charge in [-0.1, -0.05) is 35.9 Å². The van der Waals surface area contributed by atoms with Crippen molar-refractivity contribution in [3.8, 4) is 0 Å². The highest BCUT2D eigenvalue weighted by atomic mass is 35.5. The number of benzene rings is 2. The molecule has 1 fully saturated rings. The van der Waals surface area contributed by atoms with Crippen LogP contribution in [0.1, 0.15) is 42.3 Å². The molecule has 0 aromatic heterocycles. The van der Waals surface area contributed by atoms with Crippen LogP contribution >= 0.6 is 11.6 Å². The highest BCUT2D eigenvalue weighted by molar-refractivity contribution is 7.89. The zero-order valence-electron chi connectivity index (χ0n) is 15.5. The lowest BCUT2D eigenvalue weighted by molar-refractivity contribution is 0.424. The SMILES string of the molecule is O=S(=O)(c1ccc2c(c1)C1C=CCC1C(c1cccc(Cl)c1)N2)N1CCCC1. The van der Waals surface area contributed by atoms with Gasteiger partial charge in [-0.3, -0.25) is 0 Å². The second-order valence-corrected chi connectivity index (χ2v) is 10.3. The number of hydrogen-bond donors (Lipinski definition) is 1. The largest absolute Gasteiger partial charge is 0.378 e. The molecule has 0 bridgehead atoms. The summed E-state index contributed by atoms with van der Waals surface area (Å²) in [4.78, 5) is 0.412. The summed E-state index contributed by atoms with van der Waals surface area (Å²) < 4.78 is 27.6. The van der Waals surface area contributed by atoms with Crippen molar-refractivity contribution >= 4 is 27.3 Å². The molecule has 2 heterocycles. The summed E-state index contributed by atoms with van der Waals surface area (Å²) in [5.74, 6) is 0.574. The molecule has 2 aromatic rings. The van der Waals surface area contributed by atoms with E-state index < -0.39 is 10.0 Å². The molecule has 1 N–H and O–H groups in total. The van der Waals surface area contributed by atoms with Crippen LogP contribution in [0.4, 0.5) is 5.69 Å². The molecule has 0 spiro atoms. The van der Waals surface area contributed by atoms with Gasteiger partial charge in [0.05, 0.1) is 10.9 Å². The summed E-state index contributed by atoms with van der Waals surface area (Å²) in [6.07, 6.45) is 7.30. The normalized spacial score (nSPS) is 26.7. The van der Waals surface area contributed by atoms with E-state index in [-0.39, 0.29) is 12.0 Å². The molecule has 4 nitrogen and oxygen atoms in total. The molecule has 3 unspecified atom stereocenters. The number of halogens is 1.